The van der Waals surface area contributed by atoms with Crippen LogP contribution in [0.2, 0.25) is 0 Å². The van der Waals surface area contributed by atoms with Crippen LogP contribution in [0, 0.1) is 11.2 Å². The summed E-state index contributed by atoms with van der Waals surface area (Å²) in [6, 6.07) is 3.64. The molecule has 2 N–H and O–H groups in total. The van der Waals surface area contributed by atoms with Crippen LogP contribution in [0.15, 0.2) is 27.6 Å². The Morgan fingerprint density at radius 2 is 1.95 bits per heavy atom. The number of benzene rings is 1. The van der Waals surface area contributed by atoms with Gasteiger partial charge in [-0.1, -0.05) is 13.8 Å². The highest BCUT2D eigenvalue weighted by Crippen LogP contribution is 2.25. The lowest BCUT2D eigenvalue weighted by molar-refractivity contribution is 0.119. The third-order valence-corrected chi connectivity index (χ3v) is 5.72. The minimum Gasteiger partial charge on any atom is -0.396 e. The van der Waals surface area contributed by atoms with Crippen molar-refractivity contribution < 1.29 is 17.9 Å². The Morgan fingerprint density at radius 1 is 1.35 bits per heavy atom. The maximum absolute atomic E-state index is 13.4. The maximum atomic E-state index is 13.4. The van der Waals surface area contributed by atoms with Crippen LogP contribution in [0.25, 0.3) is 0 Å². The van der Waals surface area contributed by atoms with E-state index in [0.29, 0.717) is 12.8 Å². The van der Waals surface area contributed by atoms with Crippen LogP contribution in [0.3, 0.4) is 0 Å². The SMILES string of the molecule is CCC(CC)(CO)CNS(=O)(=O)c1ccc(Br)c(F)c1. The summed E-state index contributed by atoms with van der Waals surface area (Å²) in [5, 5.41) is 9.42. The molecule has 0 radical (unpaired) electrons. The van der Waals surface area contributed by atoms with Gasteiger partial charge in [0.1, 0.15) is 5.82 Å². The van der Waals surface area contributed by atoms with E-state index in [1.165, 1.54) is 12.1 Å². The summed E-state index contributed by atoms with van der Waals surface area (Å²) in [6.07, 6.45) is 1.30. The van der Waals surface area contributed by atoms with Crippen molar-refractivity contribution in [3.63, 3.8) is 0 Å². The topological polar surface area (TPSA) is 66.4 Å². The van der Waals surface area contributed by atoms with Crippen LogP contribution in [0.5, 0.6) is 0 Å². The van der Waals surface area contributed by atoms with Gasteiger partial charge in [0.2, 0.25) is 10.0 Å². The van der Waals surface area contributed by atoms with Gasteiger partial charge in [-0.2, -0.15) is 0 Å². The normalized spacial score (nSPS) is 12.7. The van der Waals surface area contributed by atoms with E-state index >= 15 is 0 Å². The molecule has 0 saturated carbocycles. The number of aliphatic hydroxyl groups is 1. The minimum atomic E-state index is -3.78. The van der Waals surface area contributed by atoms with Crippen LogP contribution in [0.1, 0.15) is 26.7 Å². The second kappa shape index (κ2) is 6.98. The lowest BCUT2D eigenvalue weighted by Gasteiger charge is -2.29. The Balaban J connectivity index is 2.92. The van der Waals surface area contributed by atoms with E-state index in [1.54, 1.807) is 0 Å². The summed E-state index contributed by atoms with van der Waals surface area (Å²) in [4.78, 5) is -0.128. The molecule has 0 amide bonds. The predicted molar refractivity (Wildman–Crippen MR) is 79.4 cm³/mol. The number of hydrogen-bond donors (Lipinski definition) is 2. The van der Waals surface area contributed by atoms with Crippen LogP contribution in [0.4, 0.5) is 4.39 Å². The molecule has 0 bridgehead atoms. The first-order chi connectivity index (χ1) is 9.30. The second-order valence-electron chi connectivity index (χ2n) is 4.77. The van der Waals surface area contributed by atoms with E-state index in [4.69, 9.17) is 0 Å². The fourth-order valence-corrected chi connectivity index (χ4v) is 3.17. The lowest BCUT2D eigenvalue weighted by atomic mass is 9.84. The molecular formula is C13H19BrFNO3S. The molecule has 0 aliphatic heterocycles. The minimum absolute atomic E-state index is 0.1000. The van der Waals surface area contributed by atoms with Crippen molar-refractivity contribution in [3.05, 3.63) is 28.5 Å². The number of hydrogen-bond acceptors (Lipinski definition) is 3. The monoisotopic (exact) mass is 367 g/mol. The molecular weight excluding hydrogens is 349 g/mol. The van der Waals surface area contributed by atoms with Gasteiger partial charge in [-0.25, -0.2) is 17.5 Å². The number of nitrogens with one attached hydrogen (secondary N) is 1. The average molecular weight is 368 g/mol. The number of rotatable bonds is 7. The van der Waals surface area contributed by atoms with E-state index in [-0.39, 0.29) is 22.5 Å². The van der Waals surface area contributed by atoms with Crippen molar-refractivity contribution in [2.75, 3.05) is 13.2 Å². The van der Waals surface area contributed by atoms with Crippen molar-refractivity contribution >= 4 is 26.0 Å². The quantitative estimate of drug-likeness (QED) is 0.778. The van der Waals surface area contributed by atoms with Gasteiger partial charge >= 0.3 is 0 Å². The Kier molecular flexibility index (Phi) is 6.12. The molecule has 0 atom stereocenters. The van der Waals surface area contributed by atoms with E-state index < -0.39 is 21.3 Å². The smallest absolute Gasteiger partial charge is 0.240 e. The average Bonchev–Trinajstić information content (AvgIpc) is 2.44. The molecule has 1 aromatic carbocycles. The van der Waals surface area contributed by atoms with Crippen LogP contribution in [-0.2, 0) is 10.0 Å². The third-order valence-electron chi connectivity index (χ3n) is 3.67. The first-order valence-corrected chi connectivity index (χ1v) is 8.63. The fourth-order valence-electron chi connectivity index (χ4n) is 1.75. The van der Waals surface area contributed by atoms with Gasteiger partial charge in [0.25, 0.3) is 0 Å². The summed E-state index contributed by atoms with van der Waals surface area (Å²) in [6.45, 7) is 3.81. The Morgan fingerprint density at radius 3 is 2.40 bits per heavy atom. The zero-order valence-corrected chi connectivity index (χ0v) is 13.9. The van der Waals surface area contributed by atoms with Gasteiger partial charge in [-0.3, -0.25) is 0 Å². The molecule has 0 aliphatic carbocycles. The highest BCUT2D eigenvalue weighted by atomic mass is 79.9. The molecule has 1 rings (SSSR count). The summed E-state index contributed by atoms with van der Waals surface area (Å²) in [5.74, 6) is -0.632. The molecule has 0 fully saturated rings. The standard InChI is InChI=1S/C13H19BrFNO3S/c1-3-13(4-2,9-17)8-16-20(18,19)10-5-6-11(14)12(15)7-10/h5-7,16-17H,3-4,8-9H2,1-2H3. The number of sulfonamides is 1. The van der Waals surface area contributed by atoms with Gasteiger partial charge < -0.3 is 5.11 Å². The number of halogens is 2. The Hall–Kier alpha value is -0.500. The van der Waals surface area contributed by atoms with E-state index in [1.807, 2.05) is 13.8 Å². The zero-order chi connectivity index (χ0) is 15.4. The van der Waals surface area contributed by atoms with Gasteiger partial charge in [-0.05, 0) is 47.0 Å². The molecule has 20 heavy (non-hydrogen) atoms. The van der Waals surface area contributed by atoms with Crippen LogP contribution in [-0.4, -0.2) is 26.7 Å². The molecule has 0 heterocycles. The molecule has 0 spiro atoms. The molecule has 1 aromatic rings. The largest absolute Gasteiger partial charge is 0.396 e. The number of aliphatic hydroxyl groups excluding tert-OH is 1. The van der Waals surface area contributed by atoms with Crippen LogP contribution >= 0.6 is 15.9 Å². The highest BCUT2D eigenvalue weighted by molar-refractivity contribution is 9.10. The summed E-state index contributed by atoms with van der Waals surface area (Å²) >= 11 is 2.98. The Bertz CT molecular complexity index is 550. The molecule has 114 valence electrons. The van der Waals surface area contributed by atoms with Gasteiger partial charge in [-0.15, -0.1) is 0 Å². The molecule has 0 aromatic heterocycles. The van der Waals surface area contributed by atoms with E-state index in [0.717, 1.165) is 6.07 Å². The van der Waals surface area contributed by atoms with Gasteiger partial charge in [0.15, 0.2) is 0 Å². The van der Waals surface area contributed by atoms with Crippen molar-refractivity contribution in [3.8, 4) is 0 Å². The summed E-state index contributed by atoms with van der Waals surface area (Å²) in [5.41, 5.74) is -0.485. The fraction of sp³-hybridized carbons (Fsp3) is 0.538. The van der Waals surface area contributed by atoms with Gasteiger partial charge in [0, 0.05) is 18.6 Å². The molecule has 0 unspecified atom stereocenters. The van der Waals surface area contributed by atoms with E-state index in [2.05, 4.69) is 20.7 Å². The summed E-state index contributed by atoms with van der Waals surface area (Å²) < 4.78 is 40.3. The molecule has 0 aliphatic rings. The van der Waals surface area contributed by atoms with E-state index in [9.17, 15) is 17.9 Å². The third kappa shape index (κ3) is 4.00. The van der Waals surface area contributed by atoms with Crippen LogP contribution < -0.4 is 4.72 Å². The molecule has 7 heteroatoms. The maximum Gasteiger partial charge on any atom is 0.240 e. The van der Waals surface area contributed by atoms with Crippen molar-refractivity contribution in [2.45, 2.75) is 31.6 Å². The molecule has 4 nitrogen and oxygen atoms in total. The predicted octanol–water partition coefficient (Wildman–Crippen LogP) is 2.67. The van der Waals surface area contributed by atoms with Gasteiger partial charge in [0.05, 0.1) is 9.37 Å². The first-order valence-electron chi connectivity index (χ1n) is 6.36. The first kappa shape index (κ1) is 17.6. The van der Waals surface area contributed by atoms with Crippen molar-refractivity contribution in [1.82, 2.24) is 4.72 Å². The highest BCUT2D eigenvalue weighted by Gasteiger charge is 2.28. The zero-order valence-electron chi connectivity index (χ0n) is 11.5. The van der Waals surface area contributed by atoms with Crippen molar-refractivity contribution in [1.29, 1.82) is 0 Å². The lowest BCUT2D eigenvalue weighted by Crippen LogP contribution is -2.39. The van der Waals surface area contributed by atoms with Crippen molar-refractivity contribution in [2.24, 2.45) is 5.41 Å². The Labute approximate surface area is 127 Å². The second-order valence-corrected chi connectivity index (χ2v) is 7.39. The summed E-state index contributed by atoms with van der Waals surface area (Å²) in [7, 11) is -3.78. The molecule has 0 saturated heterocycles.